The van der Waals surface area contributed by atoms with Gasteiger partial charge in [-0.05, 0) is 36.1 Å². The lowest BCUT2D eigenvalue weighted by Gasteiger charge is -2.32. The predicted molar refractivity (Wildman–Crippen MR) is 134 cm³/mol. The van der Waals surface area contributed by atoms with E-state index in [-0.39, 0.29) is 30.3 Å². The van der Waals surface area contributed by atoms with Crippen molar-refractivity contribution in [1.82, 2.24) is 9.62 Å². The van der Waals surface area contributed by atoms with Gasteiger partial charge in [0.05, 0.1) is 22.8 Å². The van der Waals surface area contributed by atoms with Crippen molar-refractivity contribution in [3.8, 4) is 11.1 Å². The summed E-state index contributed by atoms with van der Waals surface area (Å²) in [6.45, 7) is 0.254. The third-order valence-corrected chi connectivity index (χ3v) is 8.74. The molecule has 1 atom stereocenters. The van der Waals surface area contributed by atoms with Crippen LogP contribution in [0.15, 0.2) is 64.6 Å². The highest BCUT2D eigenvalue weighted by Crippen LogP contribution is 2.30. The number of carbonyl (C=O) groups excluding carboxylic acids is 1. The summed E-state index contributed by atoms with van der Waals surface area (Å²) in [5.74, 6) is -0.285. The molecule has 2 aromatic carbocycles. The number of hydrogen-bond donors (Lipinski definition) is 2. The number of nitrogens with zero attached hydrogens (tertiary/aromatic N) is 2. The standard InChI is InChI=1S/C26H33N3O5S/c1-34-28-22-16-23(17-25(30)27-19-26(31)14-6-3-7-15-26)29(18-22)35(32,33)24-12-10-21(11-13-24)20-8-4-2-5-9-20/h2,4-5,8-13,23,31H,3,6-7,14-19H2,1H3,(H,27,30)/t23-/m0/s1. The first kappa shape index (κ1) is 25.3. The van der Waals surface area contributed by atoms with E-state index in [4.69, 9.17) is 4.84 Å². The van der Waals surface area contributed by atoms with Crippen LogP contribution in [-0.2, 0) is 19.7 Å². The fourth-order valence-corrected chi connectivity index (χ4v) is 6.53. The third-order valence-electron chi connectivity index (χ3n) is 6.83. The second-order valence-corrected chi connectivity index (χ2v) is 11.3. The number of carbonyl (C=O) groups is 1. The van der Waals surface area contributed by atoms with Crippen LogP contribution in [0.1, 0.15) is 44.9 Å². The molecule has 0 aromatic heterocycles. The van der Waals surface area contributed by atoms with E-state index in [0.29, 0.717) is 25.0 Å². The van der Waals surface area contributed by atoms with Crippen molar-refractivity contribution in [2.24, 2.45) is 5.16 Å². The number of benzene rings is 2. The molecule has 0 bridgehead atoms. The molecule has 188 valence electrons. The first-order valence-electron chi connectivity index (χ1n) is 12.1. The van der Waals surface area contributed by atoms with Crippen LogP contribution in [0.5, 0.6) is 0 Å². The van der Waals surface area contributed by atoms with Gasteiger partial charge in [-0.2, -0.15) is 4.31 Å². The average Bonchev–Trinajstić information content (AvgIpc) is 3.27. The Morgan fingerprint density at radius 2 is 1.74 bits per heavy atom. The van der Waals surface area contributed by atoms with Crippen molar-refractivity contribution in [3.05, 3.63) is 54.6 Å². The van der Waals surface area contributed by atoms with Crippen molar-refractivity contribution < 1.29 is 23.2 Å². The van der Waals surface area contributed by atoms with Gasteiger partial charge in [-0.25, -0.2) is 8.42 Å². The van der Waals surface area contributed by atoms with Crippen LogP contribution in [0, 0.1) is 0 Å². The molecule has 1 heterocycles. The van der Waals surface area contributed by atoms with E-state index < -0.39 is 21.7 Å². The Bertz CT molecular complexity index is 1140. The lowest BCUT2D eigenvalue weighted by molar-refractivity contribution is -0.123. The molecule has 1 aliphatic heterocycles. The lowest BCUT2D eigenvalue weighted by atomic mass is 9.85. The van der Waals surface area contributed by atoms with Crippen LogP contribution in [0.4, 0.5) is 0 Å². The Morgan fingerprint density at radius 3 is 2.40 bits per heavy atom. The molecule has 8 nitrogen and oxygen atoms in total. The van der Waals surface area contributed by atoms with Gasteiger partial charge in [0.25, 0.3) is 0 Å². The Kier molecular flexibility index (Phi) is 7.88. The molecule has 35 heavy (non-hydrogen) atoms. The monoisotopic (exact) mass is 499 g/mol. The van der Waals surface area contributed by atoms with Gasteiger partial charge in [-0.15, -0.1) is 0 Å². The zero-order chi connectivity index (χ0) is 24.9. The number of hydrogen-bond acceptors (Lipinski definition) is 6. The molecule has 0 radical (unpaired) electrons. The Balaban J connectivity index is 1.48. The van der Waals surface area contributed by atoms with E-state index in [1.165, 1.54) is 11.4 Å². The number of amides is 1. The van der Waals surface area contributed by atoms with Gasteiger partial charge in [0.2, 0.25) is 15.9 Å². The highest BCUT2D eigenvalue weighted by molar-refractivity contribution is 7.89. The van der Waals surface area contributed by atoms with Crippen molar-refractivity contribution in [2.45, 2.75) is 61.5 Å². The summed E-state index contributed by atoms with van der Waals surface area (Å²) in [4.78, 5) is 17.8. The number of oxime groups is 1. The molecular formula is C26H33N3O5S. The fraction of sp³-hybridized carbons (Fsp3) is 0.462. The summed E-state index contributed by atoms with van der Waals surface area (Å²) in [6.07, 6.45) is 4.62. The molecule has 2 N–H and O–H groups in total. The minimum absolute atomic E-state index is 0.0137. The van der Waals surface area contributed by atoms with Crippen LogP contribution in [0.3, 0.4) is 0 Å². The largest absolute Gasteiger partial charge is 0.399 e. The first-order chi connectivity index (χ1) is 16.8. The van der Waals surface area contributed by atoms with E-state index in [1.54, 1.807) is 24.3 Å². The van der Waals surface area contributed by atoms with Crippen molar-refractivity contribution in [2.75, 3.05) is 20.2 Å². The maximum atomic E-state index is 13.5. The quantitative estimate of drug-likeness (QED) is 0.542. The van der Waals surface area contributed by atoms with E-state index >= 15 is 0 Å². The van der Waals surface area contributed by atoms with Crippen LogP contribution < -0.4 is 5.32 Å². The third kappa shape index (κ3) is 6.09. The van der Waals surface area contributed by atoms with Gasteiger partial charge >= 0.3 is 0 Å². The average molecular weight is 500 g/mol. The summed E-state index contributed by atoms with van der Waals surface area (Å²) in [5, 5.41) is 17.5. The van der Waals surface area contributed by atoms with E-state index in [2.05, 4.69) is 10.5 Å². The summed E-state index contributed by atoms with van der Waals surface area (Å²) in [6, 6.07) is 15.9. The van der Waals surface area contributed by atoms with E-state index in [9.17, 15) is 18.3 Å². The Morgan fingerprint density at radius 1 is 1.09 bits per heavy atom. The molecule has 1 aliphatic carbocycles. The Labute approximate surface area is 207 Å². The van der Waals surface area contributed by atoms with Gasteiger partial charge in [0.1, 0.15) is 7.11 Å². The molecular weight excluding hydrogens is 466 g/mol. The maximum absolute atomic E-state index is 13.5. The van der Waals surface area contributed by atoms with Crippen LogP contribution in [0.25, 0.3) is 11.1 Å². The highest BCUT2D eigenvalue weighted by atomic mass is 32.2. The Hall–Kier alpha value is -2.75. The molecule has 1 saturated heterocycles. The minimum Gasteiger partial charge on any atom is -0.399 e. The fourth-order valence-electron chi connectivity index (χ4n) is 4.92. The number of aliphatic hydroxyl groups is 1. The van der Waals surface area contributed by atoms with Gasteiger partial charge in [0, 0.05) is 25.4 Å². The first-order valence-corrected chi connectivity index (χ1v) is 13.5. The topological polar surface area (TPSA) is 108 Å². The molecule has 2 aliphatic rings. The second kappa shape index (κ2) is 10.9. The summed E-state index contributed by atoms with van der Waals surface area (Å²) in [5.41, 5.74) is 1.62. The molecule has 0 unspecified atom stereocenters. The molecule has 0 spiro atoms. The number of rotatable bonds is 8. The van der Waals surface area contributed by atoms with Gasteiger partial charge in [-0.3, -0.25) is 4.79 Å². The summed E-state index contributed by atoms with van der Waals surface area (Å²) in [7, 11) is -2.45. The summed E-state index contributed by atoms with van der Waals surface area (Å²) >= 11 is 0. The maximum Gasteiger partial charge on any atom is 0.243 e. The van der Waals surface area contributed by atoms with Crippen LogP contribution in [-0.4, -0.2) is 61.3 Å². The molecule has 9 heteroatoms. The highest BCUT2D eigenvalue weighted by Gasteiger charge is 2.40. The van der Waals surface area contributed by atoms with Gasteiger partial charge in [-0.1, -0.05) is 66.9 Å². The SMILES string of the molecule is CON=C1C[C@@H](CC(=O)NCC2(O)CCCCC2)N(S(=O)(=O)c2ccc(-c3ccccc3)cc2)C1. The van der Waals surface area contributed by atoms with Crippen molar-refractivity contribution in [1.29, 1.82) is 0 Å². The second-order valence-electron chi connectivity index (χ2n) is 9.40. The lowest BCUT2D eigenvalue weighted by Crippen LogP contribution is -2.46. The molecule has 2 fully saturated rings. The zero-order valence-corrected chi connectivity index (χ0v) is 20.8. The molecule has 2 aromatic rings. The number of sulfonamides is 1. The molecule has 1 amide bonds. The van der Waals surface area contributed by atoms with Crippen LogP contribution in [0.2, 0.25) is 0 Å². The number of nitrogens with one attached hydrogen (secondary N) is 1. The van der Waals surface area contributed by atoms with E-state index in [1.807, 2.05) is 30.3 Å². The van der Waals surface area contributed by atoms with Crippen molar-refractivity contribution in [3.63, 3.8) is 0 Å². The smallest absolute Gasteiger partial charge is 0.243 e. The summed E-state index contributed by atoms with van der Waals surface area (Å²) < 4.78 is 28.4. The zero-order valence-electron chi connectivity index (χ0n) is 20.0. The van der Waals surface area contributed by atoms with Gasteiger partial charge in [0.15, 0.2) is 0 Å². The van der Waals surface area contributed by atoms with Crippen molar-refractivity contribution >= 4 is 21.6 Å². The normalized spacial score (nSPS) is 21.7. The molecule has 1 saturated carbocycles. The van der Waals surface area contributed by atoms with Crippen LogP contribution >= 0.6 is 0 Å². The minimum atomic E-state index is -3.86. The predicted octanol–water partition coefficient (Wildman–Crippen LogP) is 3.32. The molecule has 4 rings (SSSR count). The van der Waals surface area contributed by atoms with E-state index in [0.717, 1.165) is 30.4 Å². The van der Waals surface area contributed by atoms with Gasteiger partial charge < -0.3 is 15.3 Å².